The van der Waals surface area contributed by atoms with Crippen LogP contribution in [0.15, 0.2) is 9.98 Å². The molecule has 0 unspecified atom stereocenters. The van der Waals surface area contributed by atoms with E-state index in [1.807, 2.05) is 0 Å². The van der Waals surface area contributed by atoms with Crippen LogP contribution in [0.25, 0.3) is 0 Å². The first-order valence-electron chi connectivity index (χ1n) is 3.80. The number of Topliss-reactive ketones (excluding diaryl/α,β-unsaturated/α-hetero) is 2. The Bertz CT molecular complexity index is 415. The van der Waals surface area contributed by atoms with Crippen LogP contribution < -0.4 is 0 Å². The standard InChI is InChI=1S/C8H6BrNO4S/c1-14-8(13)5(12)2-4(11)7-10-3-6(9)15-7/h3H,2H2,1H3. The highest BCUT2D eigenvalue weighted by atomic mass is 79.9. The van der Waals surface area contributed by atoms with E-state index in [1.54, 1.807) is 0 Å². The molecule has 1 rings (SSSR count). The van der Waals surface area contributed by atoms with Crippen LogP contribution in [0.4, 0.5) is 0 Å². The lowest BCUT2D eigenvalue weighted by Gasteiger charge is -1.95. The summed E-state index contributed by atoms with van der Waals surface area (Å²) in [5.41, 5.74) is 0. The number of ketones is 2. The van der Waals surface area contributed by atoms with Gasteiger partial charge in [0.2, 0.25) is 5.78 Å². The molecule has 1 aromatic heterocycles. The molecule has 0 saturated heterocycles. The molecule has 0 aliphatic rings. The number of aromatic nitrogens is 1. The number of ether oxygens (including phenoxy) is 1. The Morgan fingerprint density at radius 1 is 1.53 bits per heavy atom. The SMILES string of the molecule is COC(=O)C(=O)CC(=O)c1ncc(Br)s1. The maximum absolute atomic E-state index is 11.4. The molecule has 1 heterocycles. The van der Waals surface area contributed by atoms with Crippen LogP contribution in [-0.2, 0) is 14.3 Å². The molecule has 0 aromatic carbocycles. The summed E-state index contributed by atoms with van der Waals surface area (Å²) in [5, 5.41) is 0.194. The van der Waals surface area contributed by atoms with Gasteiger partial charge in [-0.2, -0.15) is 0 Å². The second kappa shape index (κ2) is 5.13. The number of hydrogen-bond donors (Lipinski definition) is 0. The van der Waals surface area contributed by atoms with E-state index in [-0.39, 0.29) is 5.01 Å². The molecule has 0 bridgehead atoms. The molecule has 0 atom stereocenters. The Morgan fingerprint density at radius 3 is 2.67 bits per heavy atom. The van der Waals surface area contributed by atoms with Crippen molar-refractivity contribution in [2.24, 2.45) is 0 Å². The van der Waals surface area contributed by atoms with Gasteiger partial charge in [0.15, 0.2) is 10.8 Å². The van der Waals surface area contributed by atoms with E-state index in [0.717, 1.165) is 18.4 Å². The lowest BCUT2D eigenvalue weighted by molar-refractivity contribution is -0.151. The van der Waals surface area contributed by atoms with E-state index in [1.165, 1.54) is 6.20 Å². The molecule has 0 spiro atoms. The first-order valence-corrected chi connectivity index (χ1v) is 5.41. The minimum Gasteiger partial charge on any atom is -0.463 e. The highest BCUT2D eigenvalue weighted by Gasteiger charge is 2.21. The van der Waals surface area contributed by atoms with Crippen molar-refractivity contribution in [1.29, 1.82) is 0 Å². The fourth-order valence-corrected chi connectivity index (χ4v) is 1.93. The fourth-order valence-electron chi connectivity index (χ4n) is 0.791. The minimum absolute atomic E-state index is 0.194. The summed E-state index contributed by atoms with van der Waals surface area (Å²) >= 11 is 4.25. The number of thiazole rings is 1. The molecule has 80 valence electrons. The molecule has 15 heavy (non-hydrogen) atoms. The van der Waals surface area contributed by atoms with Gasteiger partial charge in [0.1, 0.15) is 0 Å². The topological polar surface area (TPSA) is 73.3 Å². The van der Waals surface area contributed by atoms with E-state index in [0.29, 0.717) is 3.79 Å². The normalized spacial score (nSPS) is 9.73. The van der Waals surface area contributed by atoms with Crippen LogP contribution in [0, 0.1) is 0 Å². The third-order valence-electron chi connectivity index (χ3n) is 1.45. The Labute approximate surface area is 97.6 Å². The van der Waals surface area contributed by atoms with Crippen molar-refractivity contribution in [3.05, 3.63) is 15.0 Å². The Morgan fingerprint density at radius 2 is 2.20 bits per heavy atom. The molecule has 0 radical (unpaired) electrons. The number of esters is 1. The van der Waals surface area contributed by atoms with Crippen LogP contribution in [0.1, 0.15) is 16.2 Å². The molecule has 0 amide bonds. The number of carbonyl (C=O) groups excluding carboxylic acids is 3. The van der Waals surface area contributed by atoms with Crippen LogP contribution in [0.3, 0.4) is 0 Å². The van der Waals surface area contributed by atoms with Gasteiger partial charge in [-0.1, -0.05) is 0 Å². The second-order valence-electron chi connectivity index (χ2n) is 2.48. The number of rotatable bonds is 4. The van der Waals surface area contributed by atoms with Crippen LogP contribution >= 0.6 is 27.3 Å². The highest BCUT2D eigenvalue weighted by Crippen LogP contribution is 2.20. The number of hydrogen-bond acceptors (Lipinski definition) is 6. The Hall–Kier alpha value is -1.08. The van der Waals surface area contributed by atoms with E-state index in [2.05, 4.69) is 25.7 Å². The molecule has 1 aromatic rings. The third-order valence-corrected chi connectivity index (χ3v) is 2.97. The van der Waals surface area contributed by atoms with Gasteiger partial charge in [0, 0.05) is 0 Å². The first kappa shape index (κ1) is 12.0. The van der Waals surface area contributed by atoms with Gasteiger partial charge < -0.3 is 4.74 Å². The lowest BCUT2D eigenvalue weighted by Crippen LogP contribution is -2.19. The van der Waals surface area contributed by atoms with Crippen LogP contribution in [0.2, 0.25) is 0 Å². The van der Waals surface area contributed by atoms with Crippen molar-refractivity contribution in [1.82, 2.24) is 4.98 Å². The lowest BCUT2D eigenvalue weighted by atomic mass is 10.2. The predicted octanol–water partition coefficient (Wildman–Crippen LogP) is 1.22. The molecule has 5 nitrogen and oxygen atoms in total. The molecular formula is C8H6BrNO4S. The average Bonchev–Trinajstić information content (AvgIpc) is 2.63. The first-order chi connectivity index (χ1) is 7.04. The number of methoxy groups -OCH3 is 1. The predicted molar refractivity (Wildman–Crippen MR) is 55.8 cm³/mol. The van der Waals surface area contributed by atoms with Gasteiger partial charge in [0.25, 0.3) is 0 Å². The smallest absolute Gasteiger partial charge is 0.374 e. The Balaban J connectivity index is 2.64. The van der Waals surface area contributed by atoms with E-state index in [4.69, 9.17) is 0 Å². The number of halogens is 1. The molecule has 7 heteroatoms. The van der Waals surface area contributed by atoms with Gasteiger partial charge >= 0.3 is 5.97 Å². The van der Waals surface area contributed by atoms with Crippen LogP contribution in [0.5, 0.6) is 0 Å². The molecule has 0 aliphatic heterocycles. The summed E-state index contributed by atoms with van der Waals surface area (Å²) in [6.45, 7) is 0. The molecule has 0 N–H and O–H groups in total. The molecule has 0 saturated carbocycles. The van der Waals surface area contributed by atoms with Crippen molar-refractivity contribution in [3.63, 3.8) is 0 Å². The monoisotopic (exact) mass is 291 g/mol. The Kier molecular flexibility index (Phi) is 4.10. The highest BCUT2D eigenvalue weighted by molar-refractivity contribution is 9.11. The van der Waals surface area contributed by atoms with E-state index < -0.39 is 24.0 Å². The van der Waals surface area contributed by atoms with Gasteiger partial charge in [-0.25, -0.2) is 9.78 Å². The fraction of sp³-hybridized carbons (Fsp3) is 0.250. The number of nitrogens with zero attached hydrogens (tertiary/aromatic N) is 1. The zero-order chi connectivity index (χ0) is 11.4. The molecule has 0 fully saturated rings. The zero-order valence-electron chi connectivity index (χ0n) is 7.65. The number of carbonyl (C=O) groups is 3. The van der Waals surface area contributed by atoms with Crippen molar-refractivity contribution < 1.29 is 19.1 Å². The van der Waals surface area contributed by atoms with Gasteiger partial charge in [-0.15, -0.1) is 11.3 Å². The maximum Gasteiger partial charge on any atom is 0.374 e. The van der Waals surface area contributed by atoms with E-state index >= 15 is 0 Å². The third kappa shape index (κ3) is 3.21. The summed E-state index contributed by atoms with van der Waals surface area (Å²) in [6, 6.07) is 0. The average molecular weight is 292 g/mol. The minimum atomic E-state index is -1.01. The van der Waals surface area contributed by atoms with Gasteiger partial charge in [-0.05, 0) is 15.9 Å². The summed E-state index contributed by atoms with van der Waals surface area (Å²) in [4.78, 5) is 36.9. The quantitative estimate of drug-likeness (QED) is 0.361. The summed E-state index contributed by atoms with van der Waals surface area (Å²) in [6.07, 6.45) is 0.952. The largest absolute Gasteiger partial charge is 0.463 e. The van der Waals surface area contributed by atoms with Crippen LogP contribution in [-0.4, -0.2) is 29.6 Å². The van der Waals surface area contributed by atoms with Crippen molar-refractivity contribution >= 4 is 44.8 Å². The van der Waals surface area contributed by atoms with Gasteiger partial charge in [0.05, 0.1) is 23.5 Å². The van der Waals surface area contributed by atoms with Gasteiger partial charge in [-0.3, -0.25) is 9.59 Å². The van der Waals surface area contributed by atoms with Crippen molar-refractivity contribution in [3.8, 4) is 0 Å². The second-order valence-corrected chi connectivity index (χ2v) is 4.89. The summed E-state index contributed by atoms with van der Waals surface area (Å²) in [5.74, 6) is -2.37. The van der Waals surface area contributed by atoms with Crippen molar-refractivity contribution in [2.45, 2.75) is 6.42 Å². The van der Waals surface area contributed by atoms with Crippen molar-refractivity contribution in [2.75, 3.05) is 7.11 Å². The maximum atomic E-state index is 11.4. The molecular weight excluding hydrogens is 286 g/mol. The zero-order valence-corrected chi connectivity index (χ0v) is 10.1. The molecule has 0 aliphatic carbocycles. The summed E-state index contributed by atoms with van der Waals surface area (Å²) < 4.78 is 4.88. The summed E-state index contributed by atoms with van der Waals surface area (Å²) in [7, 11) is 1.09. The van der Waals surface area contributed by atoms with E-state index in [9.17, 15) is 14.4 Å².